The lowest BCUT2D eigenvalue weighted by Crippen LogP contribution is -2.51. The Balaban J connectivity index is 0.000000318. The normalized spacial score (nSPS) is 16.6. The van der Waals surface area contributed by atoms with Crippen LogP contribution >= 0.6 is 0 Å². The van der Waals surface area contributed by atoms with Crippen LogP contribution in [0.4, 0.5) is 9.59 Å². The van der Waals surface area contributed by atoms with Crippen LogP contribution in [0.25, 0.3) is 0 Å². The van der Waals surface area contributed by atoms with E-state index in [4.69, 9.17) is 20.3 Å². The van der Waals surface area contributed by atoms with Crippen molar-refractivity contribution in [2.24, 2.45) is 25.7 Å². The van der Waals surface area contributed by atoms with Gasteiger partial charge < -0.3 is 36.0 Å². The summed E-state index contributed by atoms with van der Waals surface area (Å²) >= 11 is 7.62. The van der Waals surface area contributed by atoms with Crippen LogP contribution in [-0.2, 0) is 66.0 Å². The first-order valence-corrected chi connectivity index (χ1v) is 39.5. The summed E-state index contributed by atoms with van der Waals surface area (Å²) in [6, 6.07) is 21.2. The number of isocyanates is 2. The second-order valence-electron chi connectivity index (χ2n) is 27.5. The molecule has 5 aliphatic carbocycles. The number of hydrogen-bond acceptors (Lipinski definition) is 16. The van der Waals surface area contributed by atoms with Gasteiger partial charge in [-0.15, -0.1) is 0 Å². The molecule has 7 fully saturated rings. The molecule has 24 nitrogen and oxygen atoms in total. The highest BCUT2D eigenvalue weighted by atomic mass is 35.5. The maximum absolute atomic E-state index is 12.0. The fourth-order valence-electron chi connectivity index (χ4n) is 13.2. The number of H-pyrrole nitrogens is 1. The van der Waals surface area contributed by atoms with Gasteiger partial charge in [-0.2, -0.15) is 9.59 Å². The van der Waals surface area contributed by atoms with Crippen LogP contribution in [0.1, 0.15) is 234 Å². The summed E-state index contributed by atoms with van der Waals surface area (Å²) in [6.45, 7) is 13.8. The number of fused-ring (bicyclic) bond motifs is 1. The third-order valence-electron chi connectivity index (χ3n) is 18.8. The van der Waals surface area contributed by atoms with Crippen LogP contribution in [0.3, 0.4) is 0 Å². The Hall–Kier alpha value is -7.27. The van der Waals surface area contributed by atoms with Crippen molar-refractivity contribution in [2.75, 3.05) is 92.6 Å². The lowest BCUT2D eigenvalue weighted by Gasteiger charge is -2.21. The molecule has 1 aromatic heterocycles. The highest BCUT2D eigenvalue weighted by Gasteiger charge is 2.23. The molecule has 3 saturated heterocycles. The van der Waals surface area contributed by atoms with E-state index in [-0.39, 0.29) is 17.2 Å². The number of nitrogens with two attached hydrogens (primary N) is 1. The number of aromatic nitrogens is 2. The van der Waals surface area contributed by atoms with E-state index >= 15 is 0 Å². The number of aliphatic imine (C=N–C) groups is 4. The number of likely N-dealkylation sites (tertiary alicyclic amines) is 3. The van der Waals surface area contributed by atoms with Gasteiger partial charge in [0.15, 0.2) is 0 Å². The van der Waals surface area contributed by atoms with Gasteiger partial charge in [0.2, 0.25) is 53.1 Å². The molecule has 11 rings (SSSR count). The predicted octanol–water partition coefficient (Wildman–Crippen LogP) is 9.94. The van der Waals surface area contributed by atoms with E-state index in [2.05, 4.69) is 127 Å². The summed E-state index contributed by atoms with van der Waals surface area (Å²) in [5, 5.41) is -1.85. The molecule has 105 heavy (non-hydrogen) atoms. The molecule has 8 aliphatic rings. The molecule has 0 unspecified atom stereocenters. The summed E-state index contributed by atoms with van der Waals surface area (Å²) in [4.78, 5) is 143. The van der Waals surface area contributed by atoms with Crippen LogP contribution in [-0.4, -0.2) is 190 Å². The number of carbonyl (C=O) groups excluding carboxylic acids is 9. The van der Waals surface area contributed by atoms with Crippen molar-refractivity contribution in [3.63, 3.8) is 0 Å². The molecule has 0 radical (unpaired) electrons. The third-order valence-corrected chi connectivity index (χ3v) is 18.9. The van der Waals surface area contributed by atoms with Gasteiger partial charge in [0, 0.05) is 146 Å². The quantitative estimate of drug-likeness (QED) is 0.0277. The van der Waals surface area contributed by atoms with E-state index in [1.165, 1.54) is 106 Å². The molecule has 3 aromatic rings. The van der Waals surface area contributed by atoms with Crippen LogP contribution in [0.5, 0.6) is 0 Å². The van der Waals surface area contributed by atoms with Gasteiger partial charge in [-0.3, -0.25) is 48.3 Å². The average Bonchev–Trinajstić information content (AvgIpc) is 1.36. The first-order valence-electron chi connectivity index (χ1n) is 38.7. The zero-order valence-electron chi connectivity index (χ0n) is 63.2. The zero-order chi connectivity index (χ0) is 76.5. The van der Waals surface area contributed by atoms with Crippen molar-refractivity contribution < 1.29 is 72.1 Å². The molecule has 3 aliphatic heterocycles. The molecule has 26 heteroatoms. The smallest absolute Gasteiger partial charge is 0.358 e. The van der Waals surface area contributed by atoms with Crippen LogP contribution in [0.2, 0.25) is 0 Å². The van der Waals surface area contributed by atoms with Crippen LogP contribution < -0.4 is 22.7 Å². The number of amides is 5. The van der Waals surface area contributed by atoms with Gasteiger partial charge in [0.25, 0.3) is 5.56 Å². The minimum absolute atomic E-state index is 0.214. The lowest BCUT2D eigenvalue weighted by atomic mass is 9.97. The Bertz CT molecular complexity index is 3220. The molecule has 5 amide bonds. The fraction of sp³-hybridized carbons (Fsp3) is 0.658. The minimum Gasteiger partial charge on any atom is -0.358 e. The van der Waals surface area contributed by atoms with Crippen molar-refractivity contribution >= 4 is 63.6 Å². The Morgan fingerprint density at radius 1 is 0.476 bits per heavy atom. The highest BCUT2D eigenvalue weighted by Crippen LogP contribution is 2.20. The second kappa shape index (κ2) is 58.9. The van der Waals surface area contributed by atoms with Gasteiger partial charge in [0.1, 0.15) is 11.6 Å². The van der Waals surface area contributed by atoms with Gasteiger partial charge in [-0.1, -0.05) is 96.3 Å². The number of benzene rings is 2. The maximum Gasteiger partial charge on any atom is 0.538 e. The number of ketones is 2. The predicted molar refractivity (Wildman–Crippen MR) is 408 cm³/mol. The number of hydrogen-bond donors (Lipinski definition) is 3. The second-order valence-corrected chi connectivity index (χ2v) is 28.2. The van der Waals surface area contributed by atoms with Gasteiger partial charge in [-0.25, -0.2) is 14.4 Å². The summed E-state index contributed by atoms with van der Waals surface area (Å²) in [5.74, 6) is 1.81. The molecular formula is C79H124Cl2N13O11+3. The standard InChI is InChI=1S/C17H26N2.C15H21N3O3.C13H22N2O.C11H18N2.C7H14N2O.2C6H10O.2C2HClNO2/c1-19(15-16-9-4-2-5-10-16)14-8-13-18-17-11-6-3-7-12-17;19-13-7-3-8-17(13)9-4-10-18-12-6-2-1-5-11(12)14(20)16-15(18)21;16-13-8-4-10-15(13)11-5-9-14-12-6-2-1-3-7-12;1-13(9-5-8-12)10-11-6-3-2-4-7-11;8-4-2-6-9-5-1-3-7(9)10;2*7-6-4-2-1-3-5-6;2*3-2(6)4-1-5/h2,4-5,9-10H,3,6-8,11-15H2,1H3;1-10H2,(H,16,20,21);1-11H2;2-4,6-7H,5,8-10,12H2,1H3;1-6,8H2;2*1-5H2;2*3H/q;;;;;;;2*+1/p+1. The highest BCUT2D eigenvalue weighted by molar-refractivity contribution is 5.85. The Morgan fingerprint density at radius 2 is 0.857 bits per heavy atom. The zero-order valence-corrected chi connectivity index (χ0v) is 64.8. The third kappa shape index (κ3) is 44.5. The summed E-state index contributed by atoms with van der Waals surface area (Å²) < 4.78 is 1.70. The van der Waals surface area contributed by atoms with E-state index in [1.54, 1.807) is 4.57 Å². The van der Waals surface area contributed by atoms with Crippen LogP contribution in [0.15, 0.2) is 90.2 Å². The first kappa shape index (κ1) is 91.9. The van der Waals surface area contributed by atoms with Crippen molar-refractivity contribution in [3.05, 3.63) is 104 Å². The van der Waals surface area contributed by atoms with E-state index in [1.807, 2.05) is 20.8 Å². The number of nitrogens with zero attached hydrogens (tertiary/aromatic N) is 10. The molecule has 6 N–H and O–H groups in total. The molecule has 582 valence electrons. The molecule has 0 bridgehead atoms. The van der Waals surface area contributed by atoms with Gasteiger partial charge in [0.05, 0.1) is 6.54 Å². The molecule has 0 atom stereocenters. The van der Waals surface area contributed by atoms with E-state index in [0.717, 1.165) is 243 Å². The SMILES string of the molecule is CN(CCCN)Cc1ccccc1.CN(CCCN=C1CCCCC1)Cc1ccccc1.O=C1CCCCC1.O=C1CCCCC1.O=C1CCCN1CCCN=C1CCCCC1.O=C1CCCN1CCCn1c2c(c(=O)[nH]c1=O)CCCC2.O=C=NC(=O)[ClH+].O=C=NC(=O)[ClH+].[NH3+]CCCN1CCCC1=O. The lowest BCUT2D eigenvalue weighted by molar-refractivity contribution is -0.368. The fourth-order valence-corrected chi connectivity index (χ4v) is 13.2. The van der Waals surface area contributed by atoms with Crippen LogP contribution in [0, 0.1) is 23.2 Å². The van der Waals surface area contributed by atoms with Gasteiger partial charge in [-0.05, 0) is 193 Å². The van der Waals surface area contributed by atoms with E-state index < -0.39 is 10.7 Å². The molecule has 4 saturated carbocycles. The molecular weight excluding hydrogens is 1380 g/mol. The number of halogens is 2. The maximum atomic E-state index is 12.0. The number of rotatable bonds is 22. The average molecular weight is 1500 g/mol. The topological polar surface area (TPSA) is 328 Å². The van der Waals surface area contributed by atoms with E-state index in [0.29, 0.717) is 42.9 Å². The van der Waals surface area contributed by atoms with Crippen molar-refractivity contribution in [1.29, 1.82) is 0 Å². The summed E-state index contributed by atoms with van der Waals surface area (Å²) in [7, 11) is 4.32. The largest absolute Gasteiger partial charge is 0.538 e. The van der Waals surface area contributed by atoms with E-state index in [9.17, 15) is 43.2 Å². The van der Waals surface area contributed by atoms with Crippen molar-refractivity contribution in [1.82, 2.24) is 34.1 Å². The molecule has 0 spiro atoms. The number of quaternary nitrogens is 1. The van der Waals surface area contributed by atoms with Crippen molar-refractivity contribution in [2.45, 2.75) is 244 Å². The summed E-state index contributed by atoms with van der Waals surface area (Å²) in [6.07, 6.45) is 39.4. The number of carbonyl (C=O) groups is 7. The minimum atomic E-state index is -0.926. The number of nitrogens with one attached hydrogen (secondary N) is 1. The number of aromatic amines is 1. The number of Topliss-reactive ketones (excluding diaryl/α,β-unsaturated/α-hetero) is 2. The Labute approximate surface area is 633 Å². The van der Waals surface area contributed by atoms with Crippen molar-refractivity contribution in [3.8, 4) is 0 Å². The van der Waals surface area contributed by atoms with Gasteiger partial charge >= 0.3 is 16.4 Å². The molecule has 2 aromatic carbocycles. The Kier molecular flexibility index (Phi) is 51.5. The Morgan fingerprint density at radius 3 is 1.22 bits per heavy atom. The summed E-state index contributed by atoms with van der Waals surface area (Å²) in [5.41, 5.74) is 16.0. The first-order chi connectivity index (χ1) is 50.9. The molecule has 4 heterocycles. The monoisotopic (exact) mass is 1500 g/mol.